The molecule has 0 aromatic heterocycles. The minimum absolute atomic E-state index is 0.409. The Morgan fingerprint density at radius 3 is 2.00 bits per heavy atom. The molecular formula is C19H19ClO. The molecule has 0 bridgehead atoms. The molecule has 1 nitrogen and oxygen atoms in total. The maximum Gasteiger partial charge on any atom is 0.156 e. The summed E-state index contributed by atoms with van der Waals surface area (Å²) in [5.41, 5.74) is 0.0127. The van der Waals surface area contributed by atoms with Gasteiger partial charge in [-0.3, -0.25) is 0 Å². The third-order valence-corrected chi connectivity index (χ3v) is 3.76. The summed E-state index contributed by atoms with van der Waals surface area (Å²) in [6.07, 6.45) is 0. The summed E-state index contributed by atoms with van der Waals surface area (Å²) in [4.78, 5) is 0. The van der Waals surface area contributed by atoms with E-state index in [1.54, 1.807) is 12.1 Å². The zero-order valence-electron chi connectivity index (χ0n) is 12.5. The standard InChI is InChI=1S/C19H19ClO/c1-18(2,3)19(21,16-7-5-4-6-8-16)14-13-15-9-11-17(20)12-10-15/h4-12,21H,1-3H3. The van der Waals surface area contributed by atoms with Crippen molar-refractivity contribution in [2.75, 3.05) is 0 Å². The van der Waals surface area contributed by atoms with Gasteiger partial charge in [0.1, 0.15) is 0 Å². The largest absolute Gasteiger partial charge is 0.373 e. The zero-order chi connectivity index (χ0) is 15.5. The molecule has 0 saturated heterocycles. The number of hydrogen-bond acceptors (Lipinski definition) is 1. The predicted octanol–water partition coefficient (Wildman–Crippen LogP) is 4.63. The van der Waals surface area contributed by atoms with Gasteiger partial charge in [0.15, 0.2) is 5.60 Å². The number of hydrogen-bond donors (Lipinski definition) is 1. The molecule has 0 aliphatic rings. The van der Waals surface area contributed by atoms with Crippen LogP contribution in [-0.4, -0.2) is 5.11 Å². The second-order valence-corrected chi connectivity index (χ2v) is 6.52. The van der Waals surface area contributed by atoms with Crippen molar-refractivity contribution in [2.24, 2.45) is 5.41 Å². The highest BCUT2D eigenvalue weighted by Crippen LogP contribution is 2.38. The fraction of sp³-hybridized carbons (Fsp3) is 0.263. The monoisotopic (exact) mass is 298 g/mol. The third-order valence-electron chi connectivity index (χ3n) is 3.51. The highest BCUT2D eigenvalue weighted by atomic mass is 35.5. The molecule has 0 aliphatic heterocycles. The molecule has 21 heavy (non-hydrogen) atoms. The average molecular weight is 299 g/mol. The fourth-order valence-electron chi connectivity index (χ4n) is 2.07. The van der Waals surface area contributed by atoms with Crippen LogP contribution in [0.5, 0.6) is 0 Å². The molecule has 0 heterocycles. The van der Waals surface area contributed by atoms with E-state index < -0.39 is 11.0 Å². The first kappa shape index (κ1) is 15.6. The number of aliphatic hydroxyl groups is 1. The van der Waals surface area contributed by atoms with Crippen molar-refractivity contribution in [1.29, 1.82) is 0 Å². The summed E-state index contributed by atoms with van der Waals surface area (Å²) < 4.78 is 0. The number of halogens is 1. The minimum atomic E-state index is -1.21. The summed E-state index contributed by atoms with van der Waals surface area (Å²) >= 11 is 5.87. The van der Waals surface area contributed by atoms with E-state index >= 15 is 0 Å². The van der Waals surface area contributed by atoms with Crippen molar-refractivity contribution in [2.45, 2.75) is 26.4 Å². The van der Waals surface area contributed by atoms with Gasteiger partial charge in [-0.2, -0.15) is 0 Å². The Balaban J connectivity index is 2.46. The third kappa shape index (κ3) is 3.47. The van der Waals surface area contributed by atoms with Crippen LogP contribution in [0.1, 0.15) is 31.9 Å². The average Bonchev–Trinajstić information content (AvgIpc) is 2.46. The zero-order valence-corrected chi connectivity index (χ0v) is 13.3. The lowest BCUT2D eigenvalue weighted by Gasteiger charge is -2.36. The van der Waals surface area contributed by atoms with Crippen LogP contribution in [0, 0.1) is 17.3 Å². The summed E-state index contributed by atoms with van der Waals surface area (Å²) in [6, 6.07) is 16.9. The molecule has 2 aromatic carbocycles. The van der Waals surface area contributed by atoms with Gasteiger partial charge in [0.05, 0.1) is 0 Å². The van der Waals surface area contributed by atoms with E-state index in [-0.39, 0.29) is 0 Å². The molecule has 2 aromatic rings. The van der Waals surface area contributed by atoms with Gasteiger partial charge in [0, 0.05) is 16.0 Å². The molecule has 0 fully saturated rings. The Morgan fingerprint density at radius 2 is 1.48 bits per heavy atom. The lowest BCUT2D eigenvalue weighted by molar-refractivity contribution is -0.00900. The lowest BCUT2D eigenvalue weighted by atomic mass is 9.72. The summed E-state index contributed by atoms with van der Waals surface area (Å²) in [5.74, 6) is 6.11. The summed E-state index contributed by atoms with van der Waals surface area (Å²) in [5, 5.41) is 11.8. The van der Waals surface area contributed by atoms with Crippen LogP contribution in [0.2, 0.25) is 5.02 Å². The first-order valence-corrected chi connectivity index (χ1v) is 7.27. The molecule has 0 saturated carbocycles. The minimum Gasteiger partial charge on any atom is -0.373 e. The van der Waals surface area contributed by atoms with E-state index in [4.69, 9.17) is 11.6 Å². The van der Waals surface area contributed by atoms with Crippen molar-refractivity contribution >= 4 is 11.6 Å². The van der Waals surface area contributed by atoms with E-state index in [1.165, 1.54) is 0 Å². The highest BCUT2D eigenvalue weighted by molar-refractivity contribution is 6.30. The van der Waals surface area contributed by atoms with Crippen LogP contribution in [0.4, 0.5) is 0 Å². The van der Waals surface area contributed by atoms with Crippen LogP contribution >= 0.6 is 11.6 Å². The van der Waals surface area contributed by atoms with E-state index in [2.05, 4.69) is 11.8 Å². The van der Waals surface area contributed by atoms with Crippen molar-refractivity contribution in [3.05, 3.63) is 70.7 Å². The first-order valence-electron chi connectivity index (χ1n) is 6.89. The SMILES string of the molecule is CC(C)(C)C(O)(C#Cc1ccc(Cl)cc1)c1ccccc1. The van der Waals surface area contributed by atoms with Gasteiger partial charge in [-0.15, -0.1) is 0 Å². The topological polar surface area (TPSA) is 20.2 Å². The van der Waals surface area contributed by atoms with Crippen molar-refractivity contribution in [3.63, 3.8) is 0 Å². The molecule has 2 rings (SSSR count). The van der Waals surface area contributed by atoms with Crippen LogP contribution in [0.3, 0.4) is 0 Å². The van der Waals surface area contributed by atoms with Gasteiger partial charge in [-0.05, 0) is 29.8 Å². The molecule has 0 amide bonds. The normalized spacial score (nSPS) is 14.0. The number of rotatable bonds is 1. The second kappa shape index (κ2) is 5.93. The Bertz CT molecular complexity index is 657. The molecule has 1 atom stereocenters. The van der Waals surface area contributed by atoms with Gasteiger partial charge < -0.3 is 5.11 Å². The summed E-state index contributed by atoms with van der Waals surface area (Å²) in [6.45, 7) is 5.95. The van der Waals surface area contributed by atoms with Gasteiger partial charge in [0.2, 0.25) is 0 Å². The van der Waals surface area contributed by atoms with E-state index in [9.17, 15) is 5.11 Å². The number of benzene rings is 2. The van der Waals surface area contributed by atoms with E-state index in [1.807, 2.05) is 63.2 Å². The van der Waals surface area contributed by atoms with Gasteiger partial charge in [-0.1, -0.05) is 74.5 Å². The van der Waals surface area contributed by atoms with Crippen LogP contribution in [0.15, 0.2) is 54.6 Å². The molecule has 0 spiro atoms. The van der Waals surface area contributed by atoms with Gasteiger partial charge in [0.25, 0.3) is 0 Å². The highest BCUT2D eigenvalue weighted by Gasteiger charge is 2.40. The fourth-order valence-corrected chi connectivity index (χ4v) is 2.19. The molecule has 1 unspecified atom stereocenters. The molecule has 0 radical (unpaired) electrons. The molecule has 2 heteroatoms. The first-order chi connectivity index (χ1) is 9.83. The van der Waals surface area contributed by atoms with Gasteiger partial charge >= 0.3 is 0 Å². The maximum absolute atomic E-state index is 11.1. The molecular weight excluding hydrogens is 280 g/mol. The quantitative estimate of drug-likeness (QED) is 0.761. The lowest BCUT2D eigenvalue weighted by Crippen LogP contribution is -2.38. The smallest absolute Gasteiger partial charge is 0.156 e. The Kier molecular flexibility index (Phi) is 4.42. The van der Waals surface area contributed by atoms with Crippen LogP contribution < -0.4 is 0 Å². The van der Waals surface area contributed by atoms with Crippen molar-refractivity contribution < 1.29 is 5.11 Å². The molecule has 108 valence electrons. The Labute approximate surface area is 131 Å². The Hall–Kier alpha value is -1.75. The van der Waals surface area contributed by atoms with Crippen LogP contribution in [0.25, 0.3) is 0 Å². The van der Waals surface area contributed by atoms with Crippen LogP contribution in [-0.2, 0) is 5.60 Å². The second-order valence-electron chi connectivity index (χ2n) is 6.08. The van der Waals surface area contributed by atoms with Gasteiger partial charge in [-0.25, -0.2) is 0 Å². The summed E-state index contributed by atoms with van der Waals surface area (Å²) in [7, 11) is 0. The van der Waals surface area contributed by atoms with E-state index in [0.717, 1.165) is 11.1 Å². The van der Waals surface area contributed by atoms with E-state index in [0.29, 0.717) is 5.02 Å². The molecule has 0 aliphatic carbocycles. The van der Waals surface area contributed by atoms with Crippen molar-refractivity contribution in [3.8, 4) is 11.8 Å². The maximum atomic E-state index is 11.1. The van der Waals surface area contributed by atoms with Crippen molar-refractivity contribution in [1.82, 2.24) is 0 Å². The Morgan fingerprint density at radius 1 is 0.905 bits per heavy atom. The predicted molar refractivity (Wildman–Crippen MR) is 88.1 cm³/mol. The molecule has 1 N–H and O–H groups in total.